The third-order valence-corrected chi connectivity index (χ3v) is 8.48. The smallest absolute Gasteiger partial charge is 0.272 e. The highest BCUT2D eigenvalue weighted by Gasteiger charge is 2.17. The van der Waals surface area contributed by atoms with E-state index in [1.54, 1.807) is 48.5 Å². The summed E-state index contributed by atoms with van der Waals surface area (Å²) in [5, 5.41) is 8.18. The normalized spacial score (nSPS) is 11.7. The van der Waals surface area contributed by atoms with Crippen LogP contribution in [0, 0.1) is 0 Å². The van der Waals surface area contributed by atoms with Gasteiger partial charge in [0.2, 0.25) is 5.91 Å². The van der Waals surface area contributed by atoms with E-state index in [0.29, 0.717) is 34.9 Å². The summed E-state index contributed by atoms with van der Waals surface area (Å²) >= 11 is 4.76. The minimum Gasteiger partial charge on any atom is -0.489 e. The van der Waals surface area contributed by atoms with Crippen molar-refractivity contribution in [2.45, 2.75) is 23.7 Å². The molecule has 3 amide bonds. The molecular weight excluding hydrogens is 674 g/mol. The Morgan fingerprint density at radius 1 is 0.766 bits per heavy atom. The quantitative estimate of drug-likeness (QED) is 0.0893. The molecule has 0 bridgehead atoms. The molecule has 0 spiro atoms. The first-order chi connectivity index (χ1) is 22.8. The van der Waals surface area contributed by atoms with Crippen LogP contribution in [-0.2, 0) is 16.2 Å². The van der Waals surface area contributed by atoms with Gasteiger partial charge >= 0.3 is 0 Å². The van der Waals surface area contributed by atoms with Crippen molar-refractivity contribution in [3.05, 3.63) is 160 Å². The molecule has 0 fully saturated rings. The SMILES string of the molecule is CC(Sc1cccc(NC(=O)/C(=C/c2ccc(OCc3ccccc3)cc2)NC(=O)c2ccccc2)c1)C(=O)Nc1ccc(Br)cc1. The summed E-state index contributed by atoms with van der Waals surface area (Å²) in [7, 11) is 0. The van der Waals surface area contributed by atoms with Crippen molar-refractivity contribution in [1.82, 2.24) is 5.32 Å². The molecule has 0 aliphatic carbocycles. The van der Waals surface area contributed by atoms with Gasteiger partial charge in [-0.3, -0.25) is 14.4 Å². The van der Waals surface area contributed by atoms with Crippen LogP contribution in [0.4, 0.5) is 11.4 Å². The van der Waals surface area contributed by atoms with Crippen molar-refractivity contribution in [2.24, 2.45) is 0 Å². The summed E-state index contributed by atoms with van der Waals surface area (Å²) in [5.74, 6) is -0.372. The fraction of sp³-hybridized carbons (Fsp3) is 0.0789. The molecule has 0 aromatic heterocycles. The Balaban J connectivity index is 1.28. The van der Waals surface area contributed by atoms with E-state index >= 15 is 0 Å². The maximum atomic E-state index is 13.6. The van der Waals surface area contributed by atoms with E-state index in [1.165, 1.54) is 11.8 Å². The highest BCUT2D eigenvalue weighted by atomic mass is 79.9. The van der Waals surface area contributed by atoms with Crippen molar-refractivity contribution < 1.29 is 19.1 Å². The third kappa shape index (κ3) is 10.2. The third-order valence-electron chi connectivity index (χ3n) is 6.85. The predicted molar refractivity (Wildman–Crippen MR) is 192 cm³/mol. The Labute approximate surface area is 286 Å². The standard InChI is InChI=1S/C38H32BrN3O4S/c1-26(36(43)40-31-19-17-30(39)18-20-31)47-34-14-8-13-32(24-34)41-38(45)35(42-37(44)29-11-6-3-7-12-29)23-27-15-21-33(22-16-27)46-25-28-9-4-2-5-10-28/h2-24,26H,25H2,1H3,(H,40,43)(H,41,45)(H,42,44)/b35-23-. The van der Waals surface area contributed by atoms with Crippen molar-refractivity contribution in [3.63, 3.8) is 0 Å². The van der Waals surface area contributed by atoms with Gasteiger partial charge in [-0.25, -0.2) is 0 Å². The zero-order chi connectivity index (χ0) is 33.0. The van der Waals surface area contributed by atoms with Crippen molar-refractivity contribution in [1.29, 1.82) is 0 Å². The number of halogens is 1. The molecule has 7 nitrogen and oxygen atoms in total. The molecule has 1 atom stereocenters. The van der Waals surface area contributed by atoms with Crippen LogP contribution in [0.15, 0.2) is 149 Å². The zero-order valence-corrected chi connectivity index (χ0v) is 27.9. The molecule has 0 heterocycles. The first-order valence-electron chi connectivity index (χ1n) is 14.8. The molecule has 5 rings (SSSR count). The Morgan fingerprint density at radius 2 is 1.45 bits per heavy atom. The molecule has 0 saturated heterocycles. The van der Waals surface area contributed by atoms with E-state index < -0.39 is 17.1 Å². The Morgan fingerprint density at radius 3 is 2.15 bits per heavy atom. The maximum absolute atomic E-state index is 13.6. The fourth-order valence-electron chi connectivity index (χ4n) is 4.39. The molecule has 5 aromatic rings. The summed E-state index contributed by atoms with van der Waals surface area (Å²) in [4.78, 5) is 40.3. The van der Waals surface area contributed by atoms with Crippen LogP contribution in [0.25, 0.3) is 6.08 Å². The van der Waals surface area contributed by atoms with Gasteiger partial charge in [-0.05, 0) is 90.9 Å². The Hall–Kier alpha value is -5.12. The Kier molecular flexibility index (Phi) is 11.6. The number of carbonyl (C=O) groups is 3. The minimum absolute atomic E-state index is 0.0668. The number of hydrogen-bond acceptors (Lipinski definition) is 5. The number of amides is 3. The number of carbonyl (C=O) groups excluding carboxylic acids is 3. The summed E-state index contributed by atoms with van der Waals surface area (Å²) in [6.45, 7) is 2.25. The second-order valence-corrected chi connectivity index (χ2v) is 12.8. The first-order valence-corrected chi connectivity index (χ1v) is 16.5. The van der Waals surface area contributed by atoms with Crippen LogP contribution in [0.1, 0.15) is 28.4 Å². The lowest BCUT2D eigenvalue weighted by molar-refractivity contribution is -0.115. The Bertz CT molecular complexity index is 1850. The molecule has 0 saturated carbocycles. The molecule has 3 N–H and O–H groups in total. The molecule has 9 heteroatoms. The lowest BCUT2D eigenvalue weighted by Crippen LogP contribution is -2.30. The second-order valence-electron chi connectivity index (χ2n) is 10.5. The average Bonchev–Trinajstić information content (AvgIpc) is 3.09. The molecule has 1 unspecified atom stereocenters. The van der Waals surface area contributed by atoms with E-state index in [2.05, 4.69) is 31.9 Å². The molecule has 5 aromatic carbocycles. The summed E-state index contributed by atoms with van der Waals surface area (Å²) in [6, 6.07) is 40.4. The van der Waals surface area contributed by atoms with Crippen LogP contribution in [0.2, 0.25) is 0 Å². The van der Waals surface area contributed by atoms with Gasteiger partial charge in [0.1, 0.15) is 18.1 Å². The summed E-state index contributed by atoms with van der Waals surface area (Å²) in [6.07, 6.45) is 1.62. The number of rotatable bonds is 12. The number of hydrogen-bond donors (Lipinski definition) is 3. The van der Waals surface area contributed by atoms with Gasteiger partial charge < -0.3 is 20.7 Å². The van der Waals surface area contributed by atoms with Crippen molar-refractivity contribution in [3.8, 4) is 5.75 Å². The van der Waals surface area contributed by atoms with Crippen LogP contribution < -0.4 is 20.7 Å². The van der Waals surface area contributed by atoms with Crippen molar-refractivity contribution in [2.75, 3.05) is 10.6 Å². The molecule has 236 valence electrons. The second kappa shape index (κ2) is 16.4. The molecule has 0 aliphatic heterocycles. The monoisotopic (exact) mass is 705 g/mol. The van der Waals surface area contributed by atoms with Gasteiger partial charge in [-0.15, -0.1) is 11.8 Å². The maximum Gasteiger partial charge on any atom is 0.272 e. The lowest BCUT2D eigenvalue weighted by Gasteiger charge is -2.14. The number of ether oxygens (including phenoxy) is 1. The van der Waals surface area contributed by atoms with Gasteiger partial charge in [0.05, 0.1) is 5.25 Å². The van der Waals surface area contributed by atoms with Gasteiger partial charge in [0.15, 0.2) is 0 Å². The van der Waals surface area contributed by atoms with Gasteiger partial charge in [0.25, 0.3) is 11.8 Å². The van der Waals surface area contributed by atoms with Crippen LogP contribution in [0.3, 0.4) is 0 Å². The van der Waals surface area contributed by atoms with Crippen molar-refractivity contribution >= 4 is 62.9 Å². The fourth-order valence-corrected chi connectivity index (χ4v) is 5.58. The molecule has 47 heavy (non-hydrogen) atoms. The molecule has 0 aliphatic rings. The molecule has 0 radical (unpaired) electrons. The number of anilines is 2. The summed E-state index contributed by atoms with van der Waals surface area (Å²) in [5.41, 5.74) is 3.47. The van der Waals surface area contributed by atoms with Gasteiger partial charge in [-0.2, -0.15) is 0 Å². The van der Waals surface area contributed by atoms with Gasteiger partial charge in [-0.1, -0.05) is 82.7 Å². The van der Waals surface area contributed by atoms with E-state index in [-0.39, 0.29) is 11.6 Å². The van der Waals surface area contributed by atoms with Crippen LogP contribution in [-0.4, -0.2) is 23.0 Å². The van der Waals surface area contributed by atoms with Crippen LogP contribution in [0.5, 0.6) is 5.75 Å². The number of thioether (sulfide) groups is 1. The average molecular weight is 707 g/mol. The highest BCUT2D eigenvalue weighted by Crippen LogP contribution is 2.27. The van der Waals surface area contributed by atoms with E-state index in [4.69, 9.17) is 4.74 Å². The predicted octanol–water partition coefficient (Wildman–Crippen LogP) is 8.56. The van der Waals surface area contributed by atoms with Crippen LogP contribution >= 0.6 is 27.7 Å². The van der Waals surface area contributed by atoms with E-state index in [9.17, 15) is 14.4 Å². The highest BCUT2D eigenvalue weighted by molar-refractivity contribution is 9.10. The number of nitrogens with one attached hydrogen (secondary N) is 3. The lowest BCUT2D eigenvalue weighted by atomic mass is 10.1. The number of benzene rings is 5. The van der Waals surface area contributed by atoms with E-state index in [0.717, 1.165) is 14.9 Å². The summed E-state index contributed by atoms with van der Waals surface area (Å²) < 4.78 is 6.82. The minimum atomic E-state index is -0.498. The topological polar surface area (TPSA) is 96.5 Å². The molecular formula is C38H32BrN3O4S. The van der Waals surface area contributed by atoms with E-state index in [1.807, 2.05) is 97.9 Å². The van der Waals surface area contributed by atoms with Gasteiger partial charge in [0, 0.05) is 26.3 Å². The first kappa shape index (κ1) is 33.2. The zero-order valence-electron chi connectivity index (χ0n) is 25.5. The largest absolute Gasteiger partial charge is 0.489 e.